The van der Waals surface area contributed by atoms with Crippen molar-refractivity contribution in [1.82, 2.24) is 10.2 Å². The average Bonchev–Trinajstić information content (AvgIpc) is 2.80. The van der Waals surface area contributed by atoms with E-state index in [0.29, 0.717) is 0 Å². The van der Waals surface area contributed by atoms with Gasteiger partial charge in [0.25, 0.3) is 0 Å². The maximum atomic E-state index is 5.92. The van der Waals surface area contributed by atoms with E-state index in [-0.39, 0.29) is 0 Å². The standard InChI is InChI=1S/C13H14ClN3S/c1-8(2)11(9-4-6-10(14)7-5-9)12-16-17-13(15-3)18-12/h4-7H,1-3H3,(H,15,17). The van der Waals surface area contributed by atoms with Crippen molar-refractivity contribution in [3.8, 4) is 0 Å². The highest BCUT2D eigenvalue weighted by Crippen LogP contribution is 2.31. The Labute approximate surface area is 116 Å². The van der Waals surface area contributed by atoms with E-state index in [1.807, 2.05) is 31.3 Å². The van der Waals surface area contributed by atoms with E-state index < -0.39 is 0 Å². The number of anilines is 1. The third-order valence-electron chi connectivity index (χ3n) is 2.49. The zero-order valence-electron chi connectivity index (χ0n) is 10.5. The molecule has 0 saturated heterocycles. The molecule has 0 radical (unpaired) electrons. The Morgan fingerprint density at radius 3 is 2.33 bits per heavy atom. The predicted molar refractivity (Wildman–Crippen MR) is 78.3 cm³/mol. The summed E-state index contributed by atoms with van der Waals surface area (Å²) in [6.45, 7) is 4.15. The molecule has 0 aliphatic rings. The number of hydrogen-bond donors (Lipinski definition) is 1. The Morgan fingerprint density at radius 2 is 1.83 bits per heavy atom. The van der Waals surface area contributed by atoms with Crippen molar-refractivity contribution in [1.29, 1.82) is 0 Å². The summed E-state index contributed by atoms with van der Waals surface area (Å²) in [6.07, 6.45) is 0. The fourth-order valence-electron chi connectivity index (χ4n) is 1.67. The molecule has 1 aromatic carbocycles. The second-order valence-electron chi connectivity index (χ2n) is 4.04. The van der Waals surface area contributed by atoms with Crippen LogP contribution in [0.3, 0.4) is 0 Å². The van der Waals surface area contributed by atoms with E-state index in [4.69, 9.17) is 11.6 Å². The molecule has 2 rings (SSSR count). The quantitative estimate of drug-likeness (QED) is 0.920. The molecule has 1 heterocycles. The first kappa shape index (κ1) is 13.1. The molecule has 5 heteroatoms. The summed E-state index contributed by atoms with van der Waals surface area (Å²) in [5.74, 6) is 0. The van der Waals surface area contributed by atoms with Crippen molar-refractivity contribution in [3.63, 3.8) is 0 Å². The molecule has 0 atom stereocenters. The van der Waals surface area contributed by atoms with Gasteiger partial charge in [-0.25, -0.2) is 0 Å². The summed E-state index contributed by atoms with van der Waals surface area (Å²) in [7, 11) is 1.84. The van der Waals surface area contributed by atoms with Crippen molar-refractivity contribution in [2.45, 2.75) is 13.8 Å². The molecule has 3 nitrogen and oxygen atoms in total. The summed E-state index contributed by atoms with van der Waals surface area (Å²) < 4.78 is 0. The number of aromatic nitrogens is 2. The molecule has 0 fully saturated rings. The number of allylic oxidation sites excluding steroid dienone is 1. The zero-order valence-corrected chi connectivity index (χ0v) is 12.1. The Balaban J connectivity index is 2.47. The van der Waals surface area contributed by atoms with Gasteiger partial charge in [0.05, 0.1) is 0 Å². The van der Waals surface area contributed by atoms with Gasteiger partial charge in [-0.3, -0.25) is 0 Å². The van der Waals surface area contributed by atoms with E-state index in [1.54, 1.807) is 11.3 Å². The Morgan fingerprint density at radius 1 is 1.17 bits per heavy atom. The van der Waals surface area contributed by atoms with Crippen LogP contribution >= 0.6 is 22.9 Å². The molecule has 0 spiro atoms. The first-order chi connectivity index (χ1) is 8.61. The number of nitrogens with zero attached hydrogens (tertiary/aromatic N) is 2. The van der Waals surface area contributed by atoms with Crippen molar-refractivity contribution < 1.29 is 0 Å². The van der Waals surface area contributed by atoms with Crippen LogP contribution in [0.1, 0.15) is 24.4 Å². The molecule has 0 unspecified atom stereocenters. The van der Waals surface area contributed by atoms with Gasteiger partial charge < -0.3 is 5.32 Å². The molecule has 1 aromatic heterocycles. The second-order valence-corrected chi connectivity index (χ2v) is 5.46. The Kier molecular flexibility index (Phi) is 3.99. The lowest BCUT2D eigenvalue weighted by atomic mass is 10.0. The van der Waals surface area contributed by atoms with E-state index >= 15 is 0 Å². The third-order valence-corrected chi connectivity index (χ3v) is 3.70. The topological polar surface area (TPSA) is 37.8 Å². The lowest BCUT2D eigenvalue weighted by molar-refractivity contribution is 1.07. The molecule has 0 aliphatic heterocycles. The Bertz CT molecular complexity index is 568. The van der Waals surface area contributed by atoms with Gasteiger partial charge in [-0.1, -0.05) is 40.6 Å². The minimum Gasteiger partial charge on any atom is -0.363 e. The summed E-state index contributed by atoms with van der Waals surface area (Å²) >= 11 is 7.46. The number of benzene rings is 1. The largest absolute Gasteiger partial charge is 0.363 e. The first-order valence-electron chi connectivity index (χ1n) is 5.57. The van der Waals surface area contributed by atoms with Gasteiger partial charge in [-0.05, 0) is 31.5 Å². The van der Waals surface area contributed by atoms with Crippen LogP contribution in [0, 0.1) is 0 Å². The first-order valence-corrected chi connectivity index (χ1v) is 6.76. The SMILES string of the molecule is CNc1nnc(C(=C(C)C)c2ccc(Cl)cc2)s1. The van der Waals surface area contributed by atoms with Gasteiger partial charge in [-0.15, -0.1) is 10.2 Å². The van der Waals surface area contributed by atoms with E-state index in [2.05, 4.69) is 29.4 Å². The average molecular weight is 280 g/mol. The molecule has 94 valence electrons. The zero-order chi connectivity index (χ0) is 13.1. The highest BCUT2D eigenvalue weighted by molar-refractivity contribution is 7.16. The van der Waals surface area contributed by atoms with Crippen LogP contribution < -0.4 is 5.32 Å². The van der Waals surface area contributed by atoms with Crippen LogP contribution in [0.15, 0.2) is 29.8 Å². The van der Waals surface area contributed by atoms with Gasteiger partial charge in [-0.2, -0.15) is 0 Å². The normalized spacial score (nSPS) is 10.2. The van der Waals surface area contributed by atoms with Crippen molar-refractivity contribution in [2.24, 2.45) is 0 Å². The van der Waals surface area contributed by atoms with Crippen molar-refractivity contribution in [3.05, 3.63) is 45.4 Å². The molecular formula is C13H14ClN3S. The van der Waals surface area contributed by atoms with E-state index in [0.717, 1.165) is 26.3 Å². The predicted octanol–water partition coefficient (Wildman–Crippen LogP) is 4.07. The summed E-state index contributed by atoms with van der Waals surface area (Å²) in [4.78, 5) is 0. The second kappa shape index (κ2) is 5.50. The van der Waals surface area contributed by atoms with Crippen molar-refractivity contribution >= 4 is 33.6 Å². The lowest BCUT2D eigenvalue weighted by Gasteiger charge is -2.06. The third kappa shape index (κ3) is 2.71. The van der Waals surface area contributed by atoms with E-state index in [9.17, 15) is 0 Å². The molecular weight excluding hydrogens is 266 g/mol. The van der Waals surface area contributed by atoms with Gasteiger partial charge >= 0.3 is 0 Å². The monoisotopic (exact) mass is 279 g/mol. The fourth-order valence-corrected chi connectivity index (χ4v) is 2.67. The van der Waals surface area contributed by atoms with Gasteiger partial charge in [0.15, 0.2) is 0 Å². The Hall–Kier alpha value is -1.39. The molecule has 0 saturated carbocycles. The van der Waals surface area contributed by atoms with Crippen LogP contribution in [0.5, 0.6) is 0 Å². The fraction of sp³-hybridized carbons (Fsp3) is 0.231. The smallest absolute Gasteiger partial charge is 0.205 e. The van der Waals surface area contributed by atoms with Gasteiger partial charge in [0, 0.05) is 17.6 Å². The number of rotatable bonds is 3. The maximum absolute atomic E-state index is 5.92. The van der Waals surface area contributed by atoms with Crippen LogP contribution in [-0.4, -0.2) is 17.2 Å². The minimum atomic E-state index is 0.736. The van der Waals surface area contributed by atoms with E-state index in [1.165, 1.54) is 5.57 Å². The highest BCUT2D eigenvalue weighted by atomic mass is 35.5. The molecule has 0 aliphatic carbocycles. The molecule has 18 heavy (non-hydrogen) atoms. The summed E-state index contributed by atoms with van der Waals surface area (Å²) in [5, 5.41) is 13.8. The molecule has 1 N–H and O–H groups in total. The van der Waals surface area contributed by atoms with Crippen LogP contribution in [0.4, 0.5) is 5.13 Å². The number of nitrogens with one attached hydrogen (secondary N) is 1. The number of halogens is 1. The molecule has 2 aromatic rings. The number of hydrogen-bond acceptors (Lipinski definition) is 4. The maximum Gasteiger partial charge on any atom is 0.205 e. The summed E-state index contributed by atoms with van der Waals surface area (Å²) in [5.41, 5.74) is 3.43. The van der Waals surface area contributed by atoms with Crippen molar-refractivity contribution in [2.75, 3.05) is 12.4 Å². The van der Waals surface area contributed by atoms with Crippen LogP contribution in [0.25, 0.3) is 5.57 Å². The molecule has 0 amide bonds. The lowest BCUT2D eigenvalue weighted by Crippen LogP contribution is -1.90. The highest BCUT2D eigenvalue weighted by Gasteiger charge is 2.12. The minimum absolute atomic E-state index is 0.736. The van der Waals surface area contributed by atoms with Crippen LogP contribution in [0.2, 0.25) is 5.02 Å². The molecule has 0 bridgehead atoms. The van der Waals surface area contributed by atoms with Crippen LogP contribution in [-0.2, 0) is 0 Å². The van der Waals surface area contributed by atoms with Gasteiger partial charge in [0.1, 0.15) is 5.01 Å². The van der Waals surface area contributed by atoms with Gasteiger partial charge in [0.2, 0.25) is 5.13 Å². The summed E-state index contributed by atoms with van der Waals surface area (Å²) in [6, 6.07) is 7.79.